The van der Waals surface area contributed by atoms with Crippen molar-refractivity contribution < 1.29 is 13.2 Å². The molecule has 1 amide bonds. The molecular formula is C18H19Cl2N3O3S. The first kappa shape index (κ1) is 19.9. The normalized spacial score (nSPS) is 14.9. The van der Waals surface area contributed by atoms with Crippen LogP contribution < -0.4 is 10.6 Å². The second-order valence-corrected chi connectivity index (χ2v) is 8.95. The zero-order valence-electron chi connectivity index (χ0n) is 14.4. The first-order chi connectivity index (χ1) is 12.9. The summed E-state index contributed by atoms with van der Waals surface area (Å²) in [7, 11) is -3.53. The number of hydrogen-bond donors (Lipinski definition) is 2. The van der Waals surface area contributed by atoms with Gasteiger partial charge < -0.3 is 10.6 Å². The highest BCUT2D eigenvalue weighted by molar-refractivity contribution is 7.89. The van der Waals surface area contributed by atoms with Gasteiger partial charge in [-0.2, -0.15) is 4.31 Å². The maximum atomic E-state index is 12.6. The first-order valence-corrected chi connectivity index (χ1v) is 10.6. The first-order valence-electron chi connectivity index (χ1n) is 8.45. The van der Waals surface area contributed by atoms with Gasteiger partial charge >= 0.3 is 0 Å². The van der Waals surface area contributed by atoms with E-state index in [0.29, 0.717) is 34.5 Å². The molecule has 6 nitrogen and oxygen atoms in total. The number of nitrogens with zero attached hydrogens (tertiary/aromatic N) is 1. The molecule has 2 N–H and O–H groups in total. The van der Waals surface area contributed by atoms with Gasteiger partial charge in [-0.1, -0.05) is 29.3 Å². The second kappa shape index (κ2) is 8.48. The highest BCUT2D eigenvalue weighted by atomic mass is 35.5. The Kier molecular flexibility index (Phi) is 6.26. The predicted octanol–water partition coefficient (Wildman–Crippen LogP) is 3.83. The number of carbonyl (C=O) groups excluding carboxylic acids is 1. The van der Waals surface area contributed by atoms with Crippen LogP contribution >= 0.6 is 23.2 Å². The number of rotatable bonds is 6. The molecule has 0 saturated carbocycles. The summed E-state index contributed by atoms with van der Waals surface area (Å²) < 4.78 is 26.7. The van der Waals surface area contributed by atoms with Crippen LogP contribution in [0.2, 0.25) is 10.0 Å². The van der Waals surface area contributed by atoms with E-state index in [1.807, 2.05) is 0 Å². The number of nitrogens with one attached hydrogen (secondary N) is 2. The van der Waals surface area contributed by atoms with Crippen molar-refractivity contribution >= 4 is 50.5 Å². The lowest BCUT2D eigenvalue weighted by Crippen LogP contribution is -2.28. The van der Waals surface area contributed by atoms with Gasteiger partial charge in [0.1, 0.15) is 0 Å². The summed E-state index contributed by atoms with van der Waals surface area (Å²) in [4.78, 5) is 12.4. The summed E-state index contributed by atoms with van der Waals surface area (Å²) in [5, 5.41) is 6.55. The lowest BCUT2D eigenvalue weighted by molar-refractivity contribution is -0.114. The van der Waals surface area contributed by atoms with E-state index in [2.05, 4.69) is 10.6 Å². The van der Waals surface area contributed by atoms with Crippen LogP contribution in [0.4, 0.5) is 11.4 Å². The van der Waals surface area contributed by atoms with Crippen molar-refractivity contribution in [2.45, 2.75) is 17.7 Å². The minimum Gasteiger partial charge on any atom is -0.375 e. The van der Waals surface area contributed by atoms with Crippen molar-refractivity contribution in [3.8, 4) is 0 Å². The lowest BCUT2D eigenvalue weighted by Gasteiger charge is -2.16. The van der Waals surface area contributed by atoms with Crippen molar-refractivity contribution in [1.29, 1.82) is 0 Å². The number of sulfonamides is 1. The fraction of sp³-hybridized carbons (Fsp3) is 0.278. The van der Waals surface area contributed by atoms with Crippen molar-refractivity contribution in [3.63, 3.8) is 0 Å². The summed E-state index contributed by atoms with van der Waals surface area (Å²) >= 11 is 12.0. The number of halogens is 2. The molecule has 1 fully saturated rings. The van der Waals surface area contributed by atoms with Gasteiger partial charge in [-0.05, 0) is 49.2 Å². The third kappa shape index (κ3) is 4.93. The van der Waals surface area contributed by atoms with Gasteiger partial charge in [-0.25, -0.2) is 8.42 Å². The average Bonchev–Trinajstić information content (AvgIpc) is 3.18. The standard InChI is InChI=1S/C18H19Cl2N3O3S/c19-13-6-7-16(20)17(10-13)21-12-18(24)22-14-4-3-5-15(11-14)27(25,26)23-8-1-2-9-23/h3-7,10-11,21H,1-2,8-9,12H2,(H,22,24). The van der Waals surface area contributed by atoms with Crippen molar-refractivity contribution in [2.75, 3.05) is 30.3 Å². The third-order valence-electron chi connectivity index (χ3n) is 4.19. The Labute approximate surface area is 168 Å². The van der Waals surface area contributed by atoms with Crippen molar-refractivity contribution in [2.24, 2.45) is 0 Å². The molecule has 1 aliphatic rings. The number of benzene rings is 2. The highest BCUT2D eigenvalue weighted by Crippen LogP contribution is 2.25. The zero-order chi connectivity index (χ0) is 19.4. The van der Waals surface area contributed by atoms with E-state index in [1.54, 1.807) is 30.3 Å². The third-order valence-corrected chi connectivity index (χ3v) is 6.65. The summed E-state index contributed by atoms with van der Waals surface area (Å²) in [5.41, 5.74) is 0.962. The molecule has 0 atom stereocenters. The van der Waals surface area contributed by atoms with Crippen LogP contribution in [0.1, 0.15) is 12.8 Å². The van der Waals surface area contributed by atoms with Gasteiger partial charge in [0.05, 0.1) is 22.2 Å². The molecule has 0 unspecified atom stereocenters. The van der Waals surface area contributed by atoms with E-state index in [-0.39, 0.29) is 17.3 Å². The molecule has 2 aromatic rings. The monoisotopic (exact) mass is 427 g/mol. The SMILES string of the molecule is O=C(CNc1cc(Cl)ccc1Cl)Nc1cccc(S(=O)(=O)N2CCCC2)c1. The molecule has 0 aromatic heterocycles. The molecule has 1 saturated heterocycles. The van der Waals surface area contributed by atoms with Crippen LogP contribution in [0.15, 0.2) is 47.4 Å². The quantitative estimate of drug-likeness (QED) is 0.733. The molecule has 27 heavy (non-hydrogen) atoms. The largest absolute Gasteiger partial charge is 0.375 e. The maximum Gasteiger partial charge on any atom is 0.243 e. The Morgan fingerprint density at radius 1 is 1.07 bits per heavy atom. The zero-order valence-corrected chi connectivity index (χ0v) is 16.7. The number of anilines is 2. The minimum atomic E-state index is -3.53. The lowest BCUT2D eigenvalue weighted by atomic mass is 10.3. The molecule has 9 heteroatoms. The topological polar surface area (TPSA) is 78.5 Å². The van der Waals surface area contributed by atoms with Crippen LogP contribution in [0, 0.1) is 0 Å². The fourth-order valence-electron chi connectivity index (χ4n) is 2.83. The van der Waals surface area contributed by atoms with Gasteiger partial charge in [0.15, 0.2) is 0 Å². The number of amides is 1. The molecular weight excluding hydrogens is 409 g/mol. The average molecular weight is 428 g/mol. The molecule has 0 spiro atoms. The Balaban J connectivity index is 1.65. The van der Waals surface area contributed by atoms with E-state index in [0.717, 1.165) is 12.8 Å². The summed E-state index contributed by atoms with van der Waals surface area (Å²) in [5.74, 6) is -0.332. The van der Waals surface area contributed by atoms with E-state index in [9.17, 15) is 13.2 Å². The smallest absolute Gasteiger partial charge is 0.243 e. The molecule has 0 radical (unpaired) electrons. The van der Waals surface area contributed by atoms with Gasteiger partial charge in [0.2, 0.25) is 15.9 Å². The van der Waals surface area contributed by atoms with Crippen LogP contribution in [-0.2, 0) is 14.8 Å². The van der Waals surface area contributed by atoms with E-state index >= 15 is 0 Å². The summed E-state index contributed by atoms with van der Waals surface area (Å²) in [6.45, 7) is 1.02. The number of carbonyl (C=O) groups is 1. The highest BCUT2D eigenvalue weighted by Gasteiger charge is 2.27. The van der Waals surface area contributed by atoms with E-state index in [1.165, 1.54) is 16.4 Å². The molecule has 2 aromatic carbocycles. The molecule has 1 aliphatic heterocycles. The van der Waals surface area contributed by atoms with E-state index < -0.39 is 10.0 Å². The summed E-state index contributed by atoms with van der Waals surface area (Å²) in [6.07, 6.45) is 1.74. The van der Waals surface area contributed by atoms with Crippen molar-refractivity contribution in [3.05, 3.63) is 52.5 Å². The Morgan fingerprint density at radius 3 is 2.56 bits per heavy atom. The summed E-state index contributed by atoms with van der Waals surface area (Å²) in [6, 6.07) is 11.2. The van der Waals surface area contributed by atoms with Gasteiger partial charge in [0, 0.05) is 23.8 Å². The van der Waals surface area contributed by atoms with E-state index in [4.69, 9.17) is 23.2 Å². The number of hydrogen-bond acceptors (Lipinski definition) is 4. The van der Waals surface area contributed by atoms with Gasteiger partial charge in [0.25, 0.3) is 0 Å². The fourth-order valence-corrected chi connectivity index (χ4v) is 4.75. The predicted molar refractivity (Wildman–Crippen MR) is 108 cm³/mol. The van der Waals surface area contributed by atoms with Crippen LogP contribution in [-0.4, -0.2) is 38.3 Å². The van der Waals surface area contributed by atoms with Crippen LogP contribution in [0.3, 0.4) is 0 Å². The molecule has 0 bridgehead atoms. The Hall–Kier alpha value is -1.80. The van der Waals surface area contributed by atoms with Crippen molar-refractivity contribution in [1.82, 2.24) is 4.31 Å². The van der Waals surface area contributed by atoms with Crippen LogP contribution in [0.5, 0.6) is 0 Å². The Morgan fingerprint density at radius 2 is 1.81 bits per heavy atom. The molecule has 3 rings (SSSR count). The second-order valence-electron chi connectivity index (χ2n) is 6.16. The van der Waals surface area contributed by atoms with Gasteiger partial charge in [-0.3, -0.25) is 4.79 Å². The molecule has 144 valence electrons. The van der Waals surface area contributed by atoms with Crippen LogP contribution in [0.25, 0.3) is 0 Å². The molecule has 0 aliphatic carbocycles. The minimum absolute atomic E-state index is 0.0385. The van der Waals surface area contributed by atoms with Gasteiger partial charge in [-0.15, -0.1) is 0 Å². The Bertz CT molecular complexity index is 945. The molecule has 1 heterocycles. The maximum absolute atomic E-state index is 12.6.